The van der Waals surface area contributed by atoms with E-state index >= 15 is 0 Å². The minimum atomic E-state index is -0.331. The largest absolute Gasteiger partial charge is 0.461 e. The number of rotatable bonds is 5. The second-order valence-electron chi connectivity index (χ2n) is 3.93. The van der Waals surface area contributed by atoms with Gasteiger partial charge >= 0.3 is 5.97 Å². The van der Waals surface area contributed by atoms with Crippen LogP contribution in [0.5, 0.6) is 0 Å². The number of imidazole rings is 1. The molecule has 0 bridgehead atoms. The van der Waals surface area contributed by atoms with Gasteiger partial charge < -0.3 is 9.72 Å². The summed E-state index contributed by atoms with van der Waals surface area (Å²) in [6, 6.07) is 0. The summed E-state index contributed by atoms with van der Waals surface area (Å²) in [4.78, 5) is 17.9. The fraction of sp³-hybridized carbons (Fsp3) is 0.636. The number of H-pyrrole nitrogens is 1. The van der Waals surface area contributed by atoms with E-state index in [1.165, 1.54) is 12.5 Å². The van der Waals surface area contributed by atoms with Crippen molar-refractivity contribution in [1.82, 2.24) is 9.97 Å². The van der Waals surface area contributed by atoms with Gasteiger partial charge in [-0.3, -0.25) is 0 Å². The number of aromatic nitrogens is 2. The molecule has 4 nitrogen and oxygen atoms in total. The van der Waals surface area contributed by atoms with Crippen molar-refractivity contribution in [1.29, 1.82) is 0 Å². The van der Waals surface area contributed by atoms with Crippen LogP contribution in [0.2, 0.25) is 0 Å². The molecule has 1 N–H and O–H groups in total. The Morgan fingerprint density at radius 1 is 1.53 bits per heavy atom. The maximum atomic E-state index is 11.4. The molecular weight excluding hydrogens is 192 g/mol. The van der Waals surface area contributed by atoms with Crippen LogP contribution in [0.25, 0.3) is 0 Å². The van der Waals surface area contributed by atoms with Crippen LogP contribution in [0, 0.1) is 11.8 Å². The van der Waals surface area contributed by atoms with Crippen molar-refractivity contribution < 1.29 is 9.53 Å². The van der Waals surface area contributed by atoms with Crippen LogP contribution in [-0.2, 0) is 4.74 Å². The van der Waals surface area contributed by atoms with Gasteiger partial charge in [-0.1, -0.05) is 27.2 Å². The number of hydrogen-bond donors (Lipinski definition) is 1. The van der Waals surface area contributed by atoms with Gasteiger partial charge in [0.15, 0.2) is 0 Å². The average Bonchev–Trinajstić information content (AvgIpc) is 2.77. The summed E-state index contributed by atoms with van der Waals surface area (Å²) in [5.41, 5.74) is 0.409. The summed E-state index contributed by atoms with van der Waals surface area (Å²) in [7, 11) is 0. The highest BCUT2D eigenvalue weighted by molar-refractivity contribution is 5.86. The SMILES string of the molecule is CCC(C)C(C)COC(=O)c1cnc[nH]1. The van der Waals surface area contributed by atoms with Crippen molar-refractivity contribution in [3.8, 4) is 0 Å². The van der Waals surface area contributed by atoms with Gasteiger partial charge in [-0.2, -0.15) is 0 Å². The van der Waals surface area contributed by atoms with E-state index in [9.17, 15) is 4.79 Å². The zero-order valence-corrected chi connectivity index (χ0v) is 9.49. The Morgan fingerprint density at radius 3 is 2.80 bits per heavy atom. The van der Waals surface area contributed by atoms with Gasteiger partial charge in [-0.15, -0.1) is 0 Å². The molecule has 0 saturated heterocycles. The molecule has 1 aromatic rings. The van der Waals surface area contributed by atoms with E-state index in [1.807, 2.05) is 0 Å². The molecule has 2 unspecified atom stereocenters. The van der Waals surface area contributed by atoms with Crippen molar-refractivity contribution in [2.75, 3.05) is 6.61 Å². The number of nitrogens with one attached hydrogen (secondary N) is 1. The van der Waals surface area contributed by atoms with E-state index in [1.54, 1.807) is 0 Å². The second kappa shape index (κ2) is 5.53. The Labute approximate surface area is 90.1 Å². The molecule has 4 heteroatoms. The molecule has 15 heavy (non-hydrogen) atoms. The Balaban J connectivity index is 2.34. The molecule has 0 aliphatic carbocycles. The molecule has 0 spiro atoms. The summed E-state index contributed by atoms with van der Waals surface area (Å²) in [6.45, 7) is 6.86. The maximum absolute atomic E-state index is 11.4. The van der Waals surface area contributed by atoms with E-state index in [-0.39, 0.29) is 5.97 Å². The van der Waals surface area contributed by atoms with Crippen molar-refractivity contribution in [3.63, 3.8) is 0 Å². The van der Waals surface area contributed by atoms with Gasteiger partial charge in [-0.25, -0.2) is 9.78 Å². The molecule has 0 saturated carbocycles. The minimum absolute atomic E-state index is 0.331. The highest BCUT2D eigenvalue weighted by Crippen LogP contribution is 2.14. The molecule has 1 aromatic heterocycles. The third kappa shape index (κ3) is 3.38. The predicted octanol–water partition coefficient (Wildman–Crippen LogP) is 2.25. The smallest absolute Gasteiger partial charge is 0.356 e. The first-order valence-corrected chi connectivity index (χ1v) is 5.30. The molecule has 84 valence electrons. The van der Waals surface area contributed by atoms with E-state index in [4.69, 9.17) is 4.74 Å². The zero-order valence-electron chi connectivity index (χ0n) is 9.49. The van der Waals surface area contributed by atoms with Gasteiger partial charge in [0, 0.05) is 0 Å². The molecule has 0 aromatic carbocycles. The third-order valence-corrected chi connectivity index (χ3v) is 2.81. The first kappa shape index (κ1) is 11.8. The summed E-state index contributed by atoms with van der Waals surface area (Å²) in [6.07, 6.45) is 4.04. The second-order valence-corrected chi connectivity index (χ2v) is 3.93. The number of hydrogen-bond acceptors (Lipinski definition) is 3. The van der Waals surface area contributed by atoms with Crippen LogP contribution in [0.3, 0.4) is 0 Å². The number of nitrogens with zero attached hydrogens (tertiary/aromatic N) is 1. The van der Waals surface area contributed by atoms with Crippen LogP contribution < -0.4 is 0 Å². The summed E-state index contributed by atoms with van der Waals surface area (Å²) < 4.78 is 5.16. The number of esters is 1. The Morgan fingerprint density at radius 2 is 2.27 bits per heavy atom. The van der Waals surface area contributed by atoms with Crippen molar-refractivity contribution >= 4 is 5.97 Å². The number of aromatic amines is 1. The number of carbonyl (C=O) groups excluding carboxylic acids is 1. The van der Waals surface area contributed by atoms with Gasteiger partial charge in [0.1, 0.15) is 5.69 Å². The first-order chi connectivity index (χ1) is 7.15. The molecule has 0 fully saturated rings. The normalized spacial score (nSPS) is 14.6. The lowest BCUT2D eigenvalue weighted by molar-refractivity contribution is 0.0405. The van der Waals surface area contributed by atoms with Crippen molar-refractivity contribution in [3.05, 3.63) is 18.2 Å². The lowest BCUT2D eigenvalue weighted by Gasteiger charge is -2.17. The van der Waals surface area contributed by atoms with Crippen LogP contribution in [0.1, 0.15) is 37.7 Å². The summed E-state index contributed by atoms with van der Waals surface area (Å²) in [5, 5.41) is 0. The molecule has 2 atom stereocenters. The van der Waals surface area contributed by atoms with Crippen LogP contribution >= 0.6 is 0 Å². The molecule has 0 aliphatic rings. The van der Waals surface area contributed by atoms with Gasteiger partial charge in [0.05, 0.1) is 19.1 Å². The van der Waals surface area contributed by atoms with Crippen molar-refractivity contribution in [2.24, 2.45) is 11.8 Å². The Kier molecular flexibility index (Phi) is 4.34. The van der Waals surface area contributed by atoms with Crippen LogP contribution in [0.15, 0.2) is 12.5 Å². The Hall–Kier alpha value is -1.32. The number of carbonyl (C=O) groups is 1. The molecule has 1 rings (SSSR count). The lowest BCUT2D eigenvalue weighted by atomic mass is 9.95. The maximum Gasteiger partial charge on any atom is 0.356 e. The topological polar surface area (TPSA) is 55.0 Å². The van der Waals surface area contributed by atoms with Gasteiger partial charge in [0.2, 0.25) is 0 Å². The lowest BCUT2D eigenvalue weighted by Crippen LogP contribution is -2.17. The average molecular weight is 210 g/mol. The first-order valence-electron chi connectivity index (χ1n) is 5.30. The fourth-order valence-electron chi connectivity index (χ4n) is 1.22. The van der Waals surface area contributed by atoms with Crippen molar-refractivity contribution in [2.45, 2.75) is 27.2 Å². The zero-order chi connectivity index (χ0) is 11.3. The standard InChI is InChI=1S/C11H18N2O2/c1-4-8(2)9(3)6-15-11(14)10-5-12-7-13-10/h5,7-9H,4,6H2,1-3H3,(H,12,13). The van der Waals surface area contributed by atoms with E-state index < -0.39 is 0 Å². The van der Waals surface area contributed by atoms with E-state index in [0.717, 1.165) is 6.42 Å². The molecule has 1 heterocycles. The third-order valence-electron chi connectivity index (χ3n) is 2.81. The quantitative estimate of drug-likeness (QED) is 0.758. The minimum Gasteiger partial charge on any atom is -0.461 e. The molecule has 0 radical (unpaired) electrons. The van der Waals surface area contributed by atoms with Crippen LogP contribution in [-0.4, -0.2) is 22.5 Å². The number of ether oxygens (including phenoxy) is 1. The molecule has 0 amide bonds. The Bertz CT molecular complexity index is 296. The predicted molar refractivity (Wildman–Crippen MR) is 57.5 cm³/mol. The summed E-state index contributed by atoms with van der Waals surface area (Å²) in [5.74, 6) is 0.629. The van der Waals surface area contributed by atoms with Gasteiger partial charge in [-0.05, 0) is 11.8 Å². The summed E-state index contributed by atoms with van der Waals surface area (Å²) >= 11 is 0. The highest BCUT2D eigenvalue weighted by Gasteiger charge is 2.14. The fourth-order valence-corrected chi connectivity index (χ4v) is 1.22. The van der Waals surface area contributed by atoms with E-state index in [0.29, 0.717) is 24.1 Å². The molecular formula is C11H18N2O2. The molecule has 0 aliphatic heterocycles. The van der Waals surface area contributed by atoms with E-state index in [2.05, 4.69) is 30.7 Å². The van der Waals surface area contributed by atoms with Gasteiger partial charge in [0.25, 0.3) is 0 Å². The monoisotopic (exact) mass is 210 g/mol. The highest BCUT2D eigenvalue weighted by atomic mass is 16.5. The van der Waals surface area contributed by atoms with Crippen LogP contribution in [0.4, 0.5) is 0 Å².